The molecule has 25 heavy (non-hydrogen) atoms. The number of rotatable bonds is 6. The van der Waals surface area contributed by atoms with Gasteiger partial charge in [0.25, 0.3) is 5.91 Å². The molecule has 1 saturated heterocycles. The molecule has 3 rings (SSSR count). The van der Waals surface area contributed by atoms with Crippen LogP contribution in [0.1, 0.15) is 40.0 Å². The third kappa shape index (κ3) is 4.48. The molecular formula is C20H27N3O2. The topological polar surface area (TPSA) is 47.4 Å². The lowest BCUT2D eigenvalue weighted by Gasteiger charge is -2.25. The molecule has 1 fully saturated rings. The number of carbonyl (C=O) groups is 1. The minimum atomic E-state index is 0.0493. The van der Waals surface area contributed by atoms with Gasteiger partial charge in [-0.1, -0.05) is 29.8 Å². The summed E-state index contributed by atoms with van der Waals surface area (Å²) in [6.07, 6.45) is 4.92. The first-order chi connectivity index (χ1) is 12.0. The second-order valence-electron chi connectivity index (χ2n) is 6.92. The van der Waals surface area contributed by atoms with Crippen LogP contribution in [-0.4, -0.2) is 46.4 Å². The number of aromatic nitrogens is 2. The molecule has 0 bridgehead atoms. The molecule has 5 nitrogen and oxygen atoms in total. The minimum absolute atomic E-state index is 0.0493. The zero-order valence-electron chi connectivity index (χ0n) is 15.4. The van der Waals surface area contributed by atoms with E-state index in [-0.39, 0.29) is 12.0 Å². The number of hydrogen-bond donors (Lipinski definition) is 0. The molecule has 2 heterocycles. The second-order valence-corrected chi connectivity index (χ2v) is 6.92. The van der Waals surface area contributed by atoms with Crippen molar-refractivity contribution in [2.45, 2.75) is 39.2 Å². The second kappa shape index (κ2) is 7.83. The van der Waals surface area contributed by atoms with E-state index in [0.29, 0.717) is 18.7 Å². The Labute approximate surface area is 149 Å². The number of hydrogen-bond acceptors (Lipinski definition) is 3. The molecule has 0 saturated carbocycles. The van der Waals surface area contributed by atoms with Gasteiger partial charge in [0, 0.05) is 32.9 Å². The van der Waals surface area contributed by atoms with Crippen LogP contribution < -0.4 is 0 Å². The van der Waals surface area contributed by atoms with Crippen LogP contribution in [0.3, 0.4) is 0 Å². The summed E-state index contributed by atoms with van der Waals surface area (Å²) in [5, 5.41) is 4.31. The van der Waals surface area contributed by atoms with Gasteiger partial charge < -0.3 is 9.64 Å². The molecule has 1 aliphatic heterocycles. The van der Waals surface area contributed by atoms with Crippen molar-refractivity contribution in [3.8, 4) is 0 Å². The van der Waals surface area contributed by atoms with E-state index in [9.17, 15) is 4.79 Å². The number of benzene rings is 1. The molecule has 0 spiro atoms. The molecule has 5 heteroatoms. The highest BCUT2D eigenvalue weighted by Crippen LogP contribution is 2.17. The maximum Gasteiger partial charge on any atom is 0.257 e. The Morgan fingerprint density at radius 3 is 2.68 bits per heavy atom. The van der Waals surface area contributed by atoms with Gasteiger partial charge in [-0.2, -0.15) is 5.10 Å². The SMILES string of the molecule is Cc1ccc(CCN(C[C@@H]2CCCO2)C(=O)c2cn(C)nc2C)cc1. The van der Waals surface area contributed by atoms with Crippen LogP contribution in [0, 0.1) is 13.8 Å². The monoisotopic (exact) mass is 341 g/mol. The highest BCUT2D eigenvalue weighted by Gasteiger charge is 2.25. The Morgan fingerprint density at radius 1 is 1.32 bits per heavy atom. The van der Waals surface area contributed by atoms with Crippen molar-refractivity contribution >= 4 is 5.91 Å². The third-order valence-electron chi connectivity index (χ3n) is 4.77. The highest BCUT2D eigenvalue weighted by atomic mass is 16.5. The molecule has 134 valence electrons. The Bertz CT molecular complexity index is 715. The Balaban J connectivity index is 1.72. The zero-order valence-corrected chi connectivity index (χ0v) is 15.4. The summed E-state index contributed by atoms with van der Waals surface area (Å²) in [4.78, 5) is 15.0. The van der Waals surface area contributed by atoms with E-state index in [1.54, 1.807) is 4.68 Å². The molecule has 2 aromatic rings. The van der Waals surface area contributed by atoms with Crippen LogP contribution in [0.2, 0.25) is 0 Å². The lowest BCUT2D eigenvalue weighted by molar-refractivity contribution is 0.0528. The van der Waals surface area contributed by atoms with Gasteiger partial charge >= 0.3 is 0 Å². The number of ether oxygens (including phenoxy) is 1. The number of nitrogens with zero attached hydrogens (tertiary/aromatic N) is 3. The van der Waals surface area contributed by atoms with Crippen LogP contribution in [0.15, 0.2) is 30.5 Å². The minimum Gasteiger partial charge on any atom is -0.376 e. The average Bonchev–Trinajstić information content (AvgIpc) is 3.21. The fourth-order valence-corrected chi connectivity index (χ4v) is 3.31. The maximum absolute atomic E-state index is 13.1. The Morgan fingerprint density at radius 2 is 2.08 bits per heavy atom. The van der Waals surface area contributed by atoms with Gasteiger partial charge in [0.1, 0.15) is 0 Å². The fourth-order valence-electron chi connectivity index (χ4n) is 3.31. The van der Waals surface area contributed by atoms with Gasteiger partial charge in [-0.15, -0.1) is 0 Å². The molecule has 0 radical (unpaired) electrons. The van der Waals surface area contributed by atoms with Crippen molar-refractivity contribution in [2.75, 3.05) is 19.7 Å². The lowest BCUT2D eigenvalue weighted by Crippen LogP contribution is -2.39. The molecular weight excluding hydrogens is 314 g/mol. The third-order valence-corrected chi connectivity index (χ3v) is 4.77. The average molecular weight is 341 g/mol. The van der Waals surface area contributed by atoms with E-state index in [0.717, 1.165) is 31.6 Å². The van der Waals surface area contributed by atoms with Crippen molar-refractivity contribution in [3.05, 3.63) is 52.8 Å². The van der Waals surface area contributed by atoms with E-state index in [1.165, 1.54) is 11.1 Å². The summed E-state index contributed by atoms with van der Waals surface area (Å²) in [5.74, 6) is 0.0493. The van der Waals surface area contributed by atoms with Gasteiger partial charge in [-0.25, -0.2) is 0 Å². The standard InChI is InChI=1S/C20H27N3O2/c1-15-6-8-17(9-7-15)10-11-23(13-18-5-4-12-25-18)20(24)19-14-22(3)21-16(19)2/h6-9,14,18H,4-5,10-13H2,1-3H3/t18-/m0/s1. The van der Waals surface area contributed by atoms with Crippen molar-refractivity contribution in [2.24, 2.45) is 7.05 Å². The lowest BCUT2D eigenvalue weighted by atomic mass is 10.1. The van der Waals surface area contributed by atoms with Crippen LogP contribution >= 0.6 is 0 Å². The normalized spacial score (nSPS) is 17.0. The van der Waals surface area contributed by atoms with Crippen LogP contribution in [0.4, 0.5) is 0 Å². The quantitative estimate of drug-likeness (QED) is 0.812. The predicted octanol–water partition coefficient (Wildman–Crippen LogP) is 2.90. The first kappa shape index (κ1) is 17.7. The van der Waals surface area contributed by atoms with E-state index >= 15 is 0 Å². The van der Waals surface area contributed by atoms with Crippen LogP contribution in [0.5, 0.6) is 0 Å². The van der Waals surface area contributed by atoms with Crippen molar-refractivity contribution < 1.29 is 9.53 Å². The van der Waals surface area contributed by atoms with E-state index in [2.05, 4.69) is 36.3 Å². The van der Waals surface area contributed by atoms with Crippen molar-refractivity contribution in [1.82, 2.24) is 14.7 Å². The molecule has 0 unspecified atom stereocenters. The Hall–Kier alpha value is -2.14. The largest absolute Gasteiger partial charge is 0.376 e. The smallest absolute Gasteiger partial charge is 0.257 e. The first-order valence-electron chi connectivity index (χ1n) is 8.99. The van der Waals surface area contributed by atoms with Crippen molar-refractivity contribution in [3.63, 3.8) is 0 Å². The number of aryl methyl sites for hydroxylation is 3. The molecule has 0 N–H and O–H groups in total. The van der Waals surface area contributed by atoms with Gasteiger partial charge in [0.05, 0.1) is 17.4 Å². The van der Waals surface area contributed by atoms with Gasteiger partial charge in [0.15, 0.2) is 0 Å². The molecule has 1 atom stereocenters. The molecule has 1 aliphatic rings. The first-order valence-corrected chi connectivity index (χ1v) is 8.99. The molecule has 1 aromatic carbocycles. The maximum atomic E-state index is 13.1. The van der Waals surface area contributed by atoms with E-state index in [1.807, 2.05) is 25.1 Å². The fraction of sp³-hybridized carbons (Fsp3) is 0.500. The molecule has 0 aliphatic carbocycles. The summed E-state index contributed by atoms with van der Waals surface area (Å²) in [7, 11) is 1.85. The number of carbonyl (C=O) groups excluding carboxylic acids is 1. The summed E-state index contributed by atoms with van der Waals surface area (Å²) >= 11 is 0. The molecule has 1 amide bonds. The van der Waals surface area contributed by atoms with E-state index < -0.39 is 0 Å². The van der Waals surface area contributed by atoms with Crippen LogP contribution in [-0.2, 0) is 18.2 Å². The van der Waals surface area contributed by atoms with E-state index in [4.69, 9.17) is 4.74 Å². The predicted molar refractivity (Wildman–Crippen MR) is 97.7 cm³/mol. The number of amides is 1. The van der Waals surface area contributed by atoms with Gasteiger partial charge in [0.2, 0.25) is 0 Å². The summed E-state index contributed by atoms with van der Waals surface area (Å²) < 4.78 is 7.46. The van der Waals surface area contributed by atoms with Gasteiger partial charge in [-0.05, 0) is 38.7 Å². The van der Waals surface area contributed by atoms with Crippen LogP contribution in [0.25, 0.3) is 0 Å². The van der Waals surface area contributed by atoms with Gasteiger partial charge in [-0.3, -0.25) is 9.48 Å². The summed E-state index contributed by atoms with van der Waals surface area (Å²) in [5.41, 5.74) is 3.96. The summed E-state index contributed by atoms with van der Waals surface area (Å²) in [6.45, 7) is 6.12. The Kier molecular flexibility index (Phi) is 5.53. The molecule has 1 aromatic heterocycles. The van der Waals surface area contributed by atoms with Crippen molar-refractivity contribution in [1.29, 1.82) is 0 Å². The summed E-state index contributed by atoms with van der Waals surface area (Å²) in [6, 6.07) is 8.51. The highest BCUT2D eigenvalue weighted by molar-refractivity contribution is 5.95. The zero-order chi connectivity index (χ0) is 17.8.